The Bertz CT molecular complexity index is 645. The van der Waals surface area contributed by atoms with Gasteiger partial charge >= 0.3 is 0 Å². The van der Waals surface area contributed by atoms with E-state index in [1.165, 1.54) is 0 Å². The Morgan fingerprint density at radius 1 is 0.917 bits per heavy atom. The van der Waals surface area contributed by atoms with Gasteiger partial charge in [-0.05, 0) is 12.5 Å². The first kappa shape index (κ1) is 15.8. The van der Waals surface area contributed by atoms with Crippen LogP contribution in [-0.2, 0) is 25.6 Å². The van der Waals surface area contributed by atoms with Gasteiger partial charge in [-0.25, -0.2) is 0 Å². The van der Waals surface area contributed by atoms with Gasteiger partial charge in [0.1, 0.15) is 18.3 Å². The van der Waals surface area contributed by atoms with E-state index in [1.54, 1.807) is 0 Å². The highest BCUT2D eigenvalue weighted by Gasteiger charge is 2.48. The Hall–Kier alpha value is -1.72. The summed E-state index contributed by atoms with van der Waals surface area (Å²) >= 11 is 0. The predicted octanol–water partition coefficient (Wildman–Crippen LogP) is 3.47. The topological polar surface area (TPSA) is 36.9 Å². The van der Waals surface area contributed by atoms with Crippen LogP contribution in [0.3, 0.4) is 0 Å². The average Bonchev–Trinajstić information content (AvgIpc) is 3.09. The first-order chi connectivity index (χ1) is 11.8. The van der Waals surface area contributed by atoms with Gasteiger partial charge < -0.3 is 18.9 Å². The normalized spacial score (nSPS) is 32.5. The molecular formula is C20H22O4. The van der Waals surface area contributed by atoms with E-state index in [2.05, 4.69) is 12.1 Å². The quantitative estimate of drug-likeness (QED) is 0.862. The minimum absolute atomic E-state index is 0.000266. The molecule has 4 rings (SSSR count). The zero-order chi connectivity index (χ0) is 16.4. The maximum Gasteiger partial charge on any atom is 0.184 e. The second kappa shape index (κ2) is 7.03. The van der Waals surface area contributed by atoms with Crippen molar-refractivity contribution >= 4 is 0 Å². The molecule has 2 aromatic carbocycles. The van der Waals surface area contributed by atoms with E-state index in [1.807, 2.05) is 55.5 Å². The largest absolute Gasteiger partial charge is 0.373 e. The highest BCUT2D eigenvalue weighted by molar-refractivity contribution is 5.17. The molecule has 0 saturated carbocycles. The van der Waals surface area contributed by atoms with Gasteiger partial charge in [-0.2, -0.15) is 0 Å². The number of fused-ring (bicyclic) bond motifs is 1. The number of hydrogen-bond donors (Lipinski definition) is 0. The van der Waals surface area contributed by atoms with Crippen LogP contribution in [-0.4, -0.2) is 31.0 Å². The van der Waals surface area contributed by atoms with Crippen molar-refractivity contribution in [1.29, 1.82) is 0 Å². The SMILES string of the molecule is CC1OCC(OCc2ccccc2)C2O[C@@H](c3ccccc3)O[C@H]12. The molecule has 2 fully saturated rings. The molecule has 2 aliphatic heterocycles. The third-order valence-electron chi connectivity index (χ3n) is 4.62. The van der Waals surface area contributed by atoms with Gasteiger partial charge in [0.2, 0.25) is 0 Å². The summed E-state index contributed by atoms with van der Waals surface area (Å²) in [6.07, 6.45) is -0.694. The first-order valence-corrected chi connectivity index (χ1v) is 8.44. The summed E-state index contributed by atoms with van der Waals surface area (Å²) in [7, 11) is 0. The van der Waals surface area contributed by atoms with Crippen LogP contribution in [0.5, 0.6) is 0 Å². The molecule has 0 bridgehead atoms. The molecule has 0 spiro atoms. The Labute approximate surface area is 142 Å². The molecule has 0 radical (unpaired) electrons. The molecule has 0 aromatic heterocycles. The monoisotopic (exact) mass is 326 g/mol. The smallest absolute Gasteiger partial charge is 0.184 e. The molecule has 5 atom stereocenters. The summed E-state index contributed by atoms with van der Waals surface area (Å²) in [5.41, 5.74) is 2.17. The Kier molecular flexibility index (Phi) is 4.63. The maximum absolute atomic E-state index is 6.20. The average molecular weight is 326 g/mol. The minimum Gasteiger partial charge on any atom is -0.373 e. The first-order valence-electron chi connectivity index (χ1n) is 8.44. The third-order valence-corrected chi connectivity index (χ3v) is 4.62. The Balaban J connectivity index is 1.45. The molecule has 24 heavy (non-hydrogen) atoms. The highest BCUT2D eigenvalue weighted by atomic mass is 16.8. The predicted molar refractivity (Wildman–Crippen MR) is 89.4 cm³/mol. The zero-order valence-corrected chi connectivity index (χ0v) is 13.7. The summed E-state index contributed by atoms with van der Waals surface area (Å²) in [5.74, 6) is 0. The van der Waals surface area contributed by atoms with Crippen molar-refractivity contribution in [3.8, 4) is 0 Å². The van der Waals surface area contributed by atoms with Crippen LogP contribution >= 0.6 is 0 Å². The van der Waals surface area contributed by atoms with Gasteiger partial charge in [0, 0.05) is 5.56 Å². The van der Waals surface area contributed by atoms with Crippen LogP contribution in [0.2, 0.25) is 0 Å². The molecule has 0 N–H and O–H groups in total. The van der Waals surface area contributed by atoms with Crippen LogP contribution < -0.4 is 0 Å². The maximum atomic E-state index is 6.20. The summed E-state index contributed by atoms with van der Waals surface area (Å²) < 4.78 is 24.2. The molecule has 3 unspecified atom stereocenters. The van der Waals surface area contributed by atoms with Crippen LogP contribution in [0.1, 0.15) is 24.3 Å². The standard InChI is InChI=1S/C20H22O4/c1-14-18-19(24-20(23-18)16-10-6-3-7-11-16)17(13-21-14)22-12-15-8-4-2-5-9-15/h2-11,14,17-20H,12-13H2,1H3/t14?,17?,18-,19?,20+/m1/s1. The van der Waals surface area contributed by atoms with Crippen LogP contribution in [0.25, 0.3) is 0 Å². The van der Waals surface area contributed by atoms with Gasteiger partial charge in [0.05, 0.1) is 19.3 Å². The van der Waals surface area contributed by atoms with Crippen molar-refractivity contribution in [3.05, 3.63) is 71.8 Å². The van der Waals surface area contributed by atoms with E-state index >= 15 is 0 Å². The number of ether oxygens (including phenoxy) is 4. The van der Waals surface area contributed by atoms with E-state index in [0.29, 0.717) is 13.2 Å². The molecule has 4 nitrogen and oxygen atoms in total. The second-order valence-corrected chi connectivity index (χ2v) is 6.32. The van der Waals surface area contributed by atoms with E-state index in [-0.39, 0.29) is 30.7 Å². The van der Waals surface area contributed by atoms with Crippen molar-refractivity contribution in [3.63, 3.8) is 0 Å². The fourth-order valence-corrected chi connectivity index (χ4v) is 3.27. The van der Waals surface area contributed by atoms with E-state index in [4.69, 9.17) is 18.9 Å². The van der Waals surface area contributed by atoms with Gasteiger partial charge in [0.25, 0.3) is 0 Å². The van der Waals surface area contributed by atoms with Crippen LogP contribution in [0.15, 0.2) is 60.7 Å². The third kappa shape index (κ3) is 3.23. The van der Waals surface area contributed by atoms with Gasteiger partial charge in [-0.15, -0.1) is 0 Å². The van der Waals surface area contributed by atoms with Crippen molar-refractivity contribution in [2.75, 3.05) is 6.61 Å². The minimum atomic E-state index is -0.354. The Morgan fingerprint density at radius 3 is 2.33 bits per heavy atom. The van der Waals surface area contributed by atoms with Gasteiger partial charge in [-0.1, -0.05) is 60.7 Å². The lowest BCUT2D eigenvalue weighted by molar-refractivity contribution is -0.161. The van der Waals surface area contributed by atoms with Crippen molar-refractivity contribution in [2.24, 2.45) is 0 Å². The molecule has 4 heteroatoms. The summed E-state index contributed by atoms with van der Waals surface area (Å²) in [6, 6.07) is 20.2. The number of benzene rings is 2. The van der Waals surface area contributed by atoms with E-state index in [0.717, 1.165) is 11.1 Å². The lowest BCUT2D eigenvalue weighted by Gasteiger charge is -2.35. The molecule has 2 saturated heterocycles. The summed E-state index contributed by atoms with van der Waals surface area (Å²) in [6.45, 7) is 3.10. The molecule has 0 aliphatic carbocycles. The highest BCUT2D eigenvalue weighted by Crippen LogP contribution is 2.38. The number of rotatable bonds is 4. The fourth-order valence-electron chi connectivity index (χ4n) is 3.27. The molecule has 2 aromatic rings. The molecule has 2 heterocycles. The van der Waals surface area contributed by atoms with Crippen LogP contribution in [0.4, 0.5) is 0 Å². The van der Waals surface area contributed by atoms with Crippen molar-refractivity contribution in [2.45, 2.75) is 44.2 Å². The van der Waals surface area contributed by atoms with E-state index < -0.39 is 0 Å². The zero-order valence-electron chi connectivity index (χ0n) is 13.7. The number of hydrogen-bond acceptors (Lipinski definition) is 4. The van der Waals surface area contributed by atoms with Gasteiger partial charge in [-0.3, -0.25) is 0 Å². The second-order valence-electron chi connectivity index (χ2n) is 6.32. The summed E-state index contributed by atoms with van der Waals surface area (Å²) in [4.78, 5) is 0. The summed E-state index contributed by atoms with van der Waals surface area (Å²) in [5, 5.41) is 0. The lowest BCUT2D eigenvalue weighted by Crippen LogP contribution is -2.51. The van der Waals surface area contributed by atoms with Crippen molar-refractivity contribution in [1.82, 2.24) is 0 Å². The van der Waals surface area contributed by atoms with Gasteiger partial charge in [0.15, 0.2) is 6.29 Å². The molecule has 0 amide bonds. The molecule has 126 valence electrons. The Morgan fingerprint density at radius 2 is 1.58 bits per heavy atom. The van der Waals surface area contributed by atoms with Crippen molar-refractivity contribution < 1.29 is 18.9 Å². The van der Waals surface area contributed by atoms with E-state index in [9.17, 15) is 0 Å². The fraction of sp³-hybridized carbons (Fsp3) is 0.400. The molecule has 2 aliphatic rings. The molecular weight excluding hydrogens is 304 g/mol. The van der Waals surface area contributed by atoms with Crippen LogP contribution in [0, 0.1) is 0 Å². The lowest BCUT2D eigenvalue weighted by atomic mass is 10.0.